The first kappa shape index (κ1) is 18.7. The van der Waals surface area contributed by atoms with E-state index in [0.29, 0.717) is 11.5 Å². The van der Waals surface area contributed by atoms with Crippen LogP contribution in [0.15, 0.2) is 78.9 Å². The van der Waals surface area contributed by atoms with Crippen LogP contribution in [0.5, 0.6) is 0 Å². The highest BCUT2D eigenvalue weighted by Crippen LogP contribution is 2.29. The van der Waals surface area contributed by atoms with E-state index in [0.717, 1.165) is 27.9 Å². The van der Waals surface area contributed by atoms with E-state index in [4.69, 9.17) is 0 Å². The minimum atomic E-state index is -0.0961. The monoisotopic (exact) mass is 355 g/mol. The molecular weight excluding hydrogens is 330 g/mol. The van der Waals surface area contributed by atoms with Gasteiger partial charge in [0.25, 0.3) is 5.91 Å². The first-order chi connectivity index (χ1) is 13.1. The van der Waals surface area contributed by atoms with Crippen molar-refractivity contribution in [2.24, 2.45) is 0 Å². The molecule has 3 rings (SSSR count). The zero-order valence-electron chi connectivity index (χ0n) is 16.1. The third-order valence-corrected chi connectivity index (χ3v) is 4.61. The number of aryl methyl sites for hydroxylation is 1. The Morgan fingerprint density at radius 2 is 1.48 bits per heavy atom. The van der Waals surface area contributed by atoms with Crippen LogP contribution in [-0.2, 0) is 4.79 Å². The van der Waals surface area contributed by atoms with Gasteiger partial charge in [0, 0.05) is 11.3 Å². The summed E-state index contributed by atoms with van der Waals surface area (Å²) in [4.78, 5) is 13.3. The van der Waals surface area contributed by atoms with Gasteiger partial charge in [-0.15, -0.1) is 0 Å². The number of carbonyl (C=O) groups is 1. The molecule has 0 saturated carbocycles. The number of nitrogens with one attached hydrogen (secondary N) is 1. The van der Waals surface area contributed by atoms with E-state index in [2.05, 4.69) is 25.2 Å². The van der Waals surface area contributed by atoms with Crippen LogP contribution in [0, 0.1) is 6.92 Å². The number of para-hydroxylation sites is 1. The lowest BCUT2D eigenvalue weighted by Gasteiger charge is -2.17. The molecule has 0 aliphatic carbocycles. The highest BCUT2D eigenvalue weighted by Gasteiger charge is 2.16. The Balaban J connectivity index is 2.02. The lowest BCUT2D eigenvalue weighted by Crippen LogP contribution is -2.16. The molecule has 0 aromatic heterocycles. The average molecular weight is 355 g/mol. The van der Waals surface area contributed by atoms with Gasteiger partial charge in [0.1, 0.15) is 0 Å². The summed E-state index contributed by atoms with van der Waals surface area (Å²) in [5.41, 5.74) is 5.68. The molecule has 0 spiro atoms. The number of hydrogen-bond acceptors (Lipinski definition) is 1. The predicted molar refractivity (Wildman–Crippen MR) is 115 cm³/mol. The van der Waals surface area contributed by atoms with Gasteiger partial charge in [-0.2, -0.15) is 0 Å². The van der Waals surface area contributed by atoms with Gasteiger partial charge >= 0.3 is 0 Å². The first-order valence-corrected chi connectivity index (χ1v) is 9.29. The second-order valence-corrected chi connectivity index (χ2v) is 6.98. The molecule has 1 amide bonds. The molecule has 0 saturated heterocycles. The van der Waals surface area contributed by atoms with Crippen LogP contribution in [0.3, 0.4) is 0 Å². The van der Waals surface area contributed by atoms with Gasteiger partial charge in [0.2, 0.25) is 0 Å². The number of amides is 1. The summed E-state index contributed by atoms with van der Waals surface area (Å²) in [7, 11) is 0. The fourth-order valence-electron chi connectivity index (χ4n) is 3.14. The predicted octanol–water partition coefficient (Wildman–Crippen LogP) is 6.30. The molecule has 27 heavy (non-hydrogen) atoms. The fourth-order valence-corrected chi connectivity index (χ4v) is 3.14. The van der Waals surface area contributed by atoms with E-state index < -0.39 is 0 Å². The van der Waals surface area contributed by atoms with Crippen molar-refractivity contribution in [3.63, 3.8) is 0 Å². The Hall–Kier alpha value is -3.13. The summed E-state index contributed by atoms with van der Waals surface area (Å²) in [5.74, 6) is 0.236. The maximum atomic E-state index is 13.3. The Labute approximate surface area is 161 Å². The summed E-state index contributed by atoms with van der Waals surface area (Å²) < 4.78 is 0. The first-order valence-electron chi connectivity index (χ1n) is 9.29. The van der Waals surface area contributed by atoms with Gasteiger partial charge in [-0.05, 0) is 41.2 Å². The quantitative estimate of drug-likeness (QED) is 0.422. The molecule has 3 aromatic carbocycles. The van der Waals surface area contributed by atoms with Gasteiger partial charge in [-0.3, -0.25) is 4.79 Å². The maximum Gasteiger partial charge on any atom is 0.256 e. The van der Waals surface area contributed by atoms with Crippen molar-refractivity contribution in [1.82, 2.24) is 0 Å². The Morgan fingerprint density at radius 1 is 0.852 bits per heavy atom. The van der Waals surface area contributed by atoms with Crippen molar-refractivity contribution in [3.8, 4) is 0 Å². The van der Waals surface area contributed by atoms with Gasteiger partial charge in [0.15, 0.2) is 0 Å². The third-order valence-electron chi connectivity index (χ3n) is 4.61. The van der Waals surface area contributed by atoms with Crippen LogP contribution in [0.25, 0.3) is 11.6 Å². The summed E-state index contributed by atoms with van der Waals surface area (Å²) in [6, 6.07) is 25.9. The molecule has 1 N–H and O–H groups in total. The molecule has 2 heteroatoms. The van der Waals surface area contributed by atoms with Crippen LogP contribution in [0.4, 0.5) is 5.69 Å². The van der Waals surface area contributed by atoms with Gasteiger partial charge in [-0.1, -0.05) is 92.7 Å². The van der Waals surface area contributed by atoms with E-state index >= 15 is 0 Å². The second-order valence-electron chi connectivity index (χ2n) is 6.98. The van der Waals surface area contributed by atoms with Crippen molar-refractivity contribution in [1.29, 1.82) is 0 Å². The molecule has 2 nitrogen and oxygen atoms in total. The molecule has 0 unspecified atom stereocenters. The number of carbonyl (C=O) groups excluding carboxylic acids is 1. The lowest BCUT2D eigenvalue weighted by molar-refractivity contribution is -0.111. The van der Waals surface area contributed by atoms with Gasteiger partial charge < -0.3 is 5.32 Å². The Kier molecular flexibility index (Phi) is 5.87. The van der Waals surface area contributed by atoms with Gasteiger partial charge in [0.05, 0.1) is 0 Å². The van der Waals surface area contributed by atoms with Crippen LogP contribution < -0.4 is 5.32 Å². The number of hydrogen-bond donors (Lipinski definition) is 1. The molecule has 0 heterocycles. The standard InChI is InChI=1S/C25H25NO/c1-18(2)22-16-10-11-19(3)24(22)26-25(27)23(21-14-8-5-9-15-21)17-20-12-6-4-7-13-20/h4-18H,1-3H3,(H,26,27)/b23-17+. The summed E-state index contributed by atoms with van der Waals surface area (Å²) in [6.45, 7) is 6.31. The smallest absolute Gasteiger partial charge is 0.256 e. The molecule has 0 radical (unpaired) electrons. The zero-order chi connectivity index (χ0) is 19.2. The van der Waals surface area contributed by atoms with Crippen molar-refractivity contribution < 1.29 is 4.79 Å². The Morgan fingerprint density at radius 3 is 2.11 bits per heavy atom. The molecule has 136 valence electrons. The average Bonchev–Trinajstić information content (AvgIpc) is 2.69. The van der Waals surface area contributed by atoms with E-state index in [1.807, 2.05) is 85.8 Å². The van der Waals surface area contributed by atoms with Crippen LogP contribution in [0.1, 0.15) is 42.0 Å². The summed E-state index contributed by atoms with van der Waals surface area (Å²) in [6.07, 6.45) is 1.94. The largest absolute Gasteiger partial charge is 0.321 e. The molecule has 0 bridgehead atoms. The zero-order valence-corrected chi connectivity index (χ0v) is 16.1. The number of rotatable bonds is 5. The lowest BCUT2D eigenvalue weighted by atomic mass is 9.97. The molecule has 0 atom stereocenters. The number of anilines is 1. The van der Waals surface area contributed by atoms with Crippen molar-refractivity contribution in [2.45, 2.75) is 26.7 Å². The summed E-state index contributed by atoms with van der Waals surface area (Å²) >= 11 is 0. The SMILES string of the molecule is Cc1cccc(C(C)C)c1NC(=O)/C(=C/c1ccccc1)c1ccccc1. The minimum Gasteiger partial charge on any atom is -0.321 e. The summed E-state index contributed by atoms with van der Waals surface area (Å²) in [5, 5.41) is 3.17. The third kappa shape index (κ3) is 4.53. The van der Waals surface area contributed by atoms with Crippen molar-refractivity contribution >= 4 is 23.2 Å². The number of benzene rings is 3. The van der Waals surface area contributed by atoms with E-state index in [1.54, 1.807) is 0 Å². The van der Waals surface area contributed by atoms with E-state index in [1.165, 1.54) is 0 Å². The topological polar surface area (TPSA) is 29.1 Å². The van der Waals surface area contributed by atoms with Crippen LogP contribution in [-0.4, -0.2) is 5.91 Å². The second kappa shape index (κ2) is 8.50. The van der Waals surface area contributed by atoms with E-state index in [9.17, 15) is 4.79 Å². The highest BCUT2D eigenvalue weighted by atomic mass is 16.1. The van der Waals surface area contributed by atoms with Crippen LogP contribution >= 0.6 is 0 Å². The molecule has 0 fully saturated rings. The van der Waals surface area contributed by atoms with Gasteiger partial charge in [-0.25, -0.2) is 0 Å². The van der Waals surface area contributed by atoms with Crippen molar-refractivity contribution in [2.75, 3.05) is 5.32 Å². The molecule has 0 aliphatic heterocycles. The Bertz CT molecular complexity index is 941. The van der Waals surface area contributed by atoms with Crippen molar-refractivity contribution in [3.05, 3.63) is 101 Å². The maximum absolute atomic E-state index is 13.3. The molecule has 3 aromatic rings. The highest BCUT2D eigenvalue weighted by molar-refractivity contribution is 6.29. The van der Waals surface area contributed by atoms with Crippen LogP contribution in [0.2, 0.25) is 0 Å². The minimum absolute atomic E-state index is 0.0961. The normalized spacial score (nSPS) is 11.5. The van der Waals surface area contributed by atoms with E-state index in [-0.39, 0.29) is 5.91 Å². The molecule has 0 aliphatic rings. The molecular formula is C25H25NO. The fraction of sp³-hybridized carbons (Fsp3) is 0.160.